The van der Waals surface area contributed by atoms with Gasteiger partial charge in [-0.05, 0) is 59.4 Å². The van der Waals surface area contributed by atoms with Crippen molar-refractivity contribution in [3.8, 4) is 5.19 Å². The Kier molecular flexibility index (Phi) is 8.75. The lowest BCUT2D eigenvalue weighted by Crippen LogP contribution is -2.20. The molecule has 0 radical (unpaired) electrons. The Morgan fingerprint density at radius 1 is 1.19 bits per heavy atom. The predicted octanol–water partition coefficient (Wildman–Crippen LogP) is 5.34. The lowest BCUT2D eigenvalue weighted by Gasteiger charge is -2.23. The maximum absolute atomic E-state index is 12.8. The Labute approximate surface area is 190 Å². The first-order chi connectivity index (χ1) is 15.2. The summed E-state index contributed by atoms with van der Waals surface area (Å²) in [4.78, 5) is 17.0. The molecule has 0 bridgehead atoms. The third-order valence-electron chi connectivity index (χ3n) is 4.66. The van der Waals surface area contributed by atoms with Gasteiger partial charge in [0.1, 0.15) is 6.61 Å². The van der Waals surface area contributed by atoms with E-state index in [1.165, 1.54) is 11.3 Å². The van der Waals surface area contributed by atoms with Crippen LogP contribution in [0.4, 0.5) is 5.13 Å². The van der Waals surface area contributed by atoms with Crippen LogP contribution < -0.4 is 10.1 Å². The van der Waals surface area contributed by atoms with Gasteiger partial charge < -0.3 is 9.47 Å². The normalized spacial score (nSPS) is 13.8. The molecule has 3 aromatic rings. The van der Waals surface area contributed by atoms with Crippen LogP contribution in [0.1, 0.15) is 54.1 Å². The second kappa shape index (κ2) is 11.7. The molecule has 9 heteroatoms. The first kappa shape index (κ1) is 23.1. The zero-order valence-electron chi connectivity index (χ0n) is 17.5. The number of pyridine rings is 1. The van der Waals surface area contributed by atoms with Crippen molar-refractivity contribution in [3.63, 3.8) is 0 Å². The Morgan fingerprint density at radius 3 is 2.68 bits per heavy atom. The molecule has 7 nitrogen and oxygen atoms in total. The molecule has 0 atom stereocenters. The number of anilines is 1. The van der Waals surface area contributed by atoms with Crippen LogP contribution in [0.3, 0.4) is 0 Å². The standard InChI is InChI=1S/C20H19ClN4O3S.C2H6/c21-15-3-1-13(2-4-15)12-28-20-25-24-19(29-20)23-18(26)16-5-8-22-11-17(16)14-6-9-27-10-7-14;1-2/h1-5,8,11,14H,6-7,9-10,12H2,(H,23,24,26);1-2H3. The number of rotatable bonds is 6. The molecule has 0 saturated carbocycles. The number of nitrogens with one attached hydrogen (secondary N) is 1. The van der Waals surface area contributed by atoms with E-state index >= 15 is 0 Å². The van der Waals surface area contributed by atoms with E-state index < -0.39 is 0 Å². The van der Waals surface area contributed by atoms with Gasteiger partial charge in [0.15, 0.2) is 0 Å². The fourth-order valence-electron chi connectivity index (χ4n) is 3.16. The number of amides is 1. The second-order valence-electron chi connectivity index (χ2n) is 6.59. The Bertz CT molecular complexity index is 975. The summed E-state index contributed by atoms with van der Waals surface area (Å²) in [5.41, 5.74) is 2.51. The van der Waals surface area contributed by atoms with Crippen LogP contribution in [0.25, 0.3) is 0 Å². The van der Waals surface area contributed by atoms with Gasteiger partial charge in [0, 0.05) is 36.2 Å². The molecule has 4 rings (SSSR count). The Hall–Kier alpha value is -2.55. The number of benzene rings is 1. The lowest BCUT2D eigenvalue weighted by molar-refractivity contribution is 0.0845. The van der Waals surface area contributed by atoms with Crippen molar-refractivity contribution >= 4 is 34.0 Å². The van der Waals surface area contributed by atoms with E-state index in [1.54, 1.807) is 30.6 Å². The van der Waals surface area contributed by atoms with Gasteiger partial charge in [0.2, 0.25) is 5.13 Å². The van der Waals surface area contributed by atoms with E-state index in [2.05, 4.69) is 20.5 Å². The molecular formula is C22H25ClN4O3S. The van der Waals surface area contributed by atoms with Crippen molar-refractivity contribution in [1.29, 1.82) is 0 Å². The highest BCUT2D eigenvalue weighted by Crippen LogP contribution is 2.30. The average Bonchev–Trinajstić information content (AvgIpc) is 3.28. The zero-order chi connectivity index (χ0) is 22.1. The number of aromatic nitrogens is 3. The number of halogens is 1. The minimum atomic E-state index is -0.228. The highest BCUT2D eigenvalue weighted by molar-refractivity contribution is 7.17. The van der Waals surface area contributed by atoms with Gasteiger partial charge in [-0.25, -0.2) is 0 Å². The van der Waals surface area contributed by atoms with E-state index in [0.717, 1.165) is 24.0 Å². The van der Waals surface area contributed by atoms with Crippen LogP contribution in [0.2, 0.25) is 5.02 Å². The average molecular weight is 461 g/mol. The number of carbonyl (C=O) groups is 1. The van der Waals surface area contributed by atoms with Crippen LogP contribution in [-0.2, 0) is 11.3 Å². The van der Waals surface area contributed by atoms with E-state index in [-0.39, 0.29) is 11.8 Å². The van der Waals surface area contributed by atoms with Crippen LogP contribution >= 0.6 is 22.9 Å². The molecule has 1 aromatic carbocycles. The molecule has 164 valence electrons. The predicted molar refractivity (Wildman–Crippen MR) is 122 cm³/mol. The summed E-state index contributed by atoms with van der Waals surface area (Å²) in [5, 5.41) is 12.2. The second-order valence-corrected chi connectivity index (χ2v) is 7.97. The number of hydrogen-bond acceptors (Lipinski definition) is 7. The van der Waals surface area contributed by atoms with Gasteiger partial charge in [-0.1, -0.05) is 42.7 Å². The largest absolute Gasteiger partial charge is 0.464 e. The summed E-state index contributed by atoms with van der Waals surface area (Å²) in [5.74, 6) is 0.0418. The van der Waals surface area contributed by atoms with Crippen molar-refractivity contribution in [3.05, 3.63) is 64.4 Å². The van der Waals surface area contributed by atoms with Crippen molar-refractivity contribution in [2.24, 2.45) is 0 Å². The highest BCUT2D eigenvalue weighted by Gasteiger charge is 2.22. The monoisotopic (exact) mass is 460 g/mol. The van der Waals surface area contributed by atoms with Gasteiger partial charge in [0.25, 0.3) is 11.1 Å². The maximum atomic E-state index is 12.8. The maximum Gasteiger partial charge on any atom is 0.296 e. The van der Waals surface area contributed by atoms with Gasteiger partial charge in [-0.15, -0.1) is 5.10 Å². The highest BCUT2D eigenvalue weighted by atomic mass is 35.5. The molecule has 1 aliphatic rings. The van der Waals surface area contributed by atoms with Crippen LogP contribution in [0, 0.1) is 0 Å². The van der Waals surface area contributed by atoms with E-state index in [0.29, 0.717) is 40.7 Å². The van der Waals surface area contributed by atoms with Crippen molar-refractivity contribution in [1.82, 2.24) is 15.2 Å². The van der Waals surface area contributed by atoms with Gasteiger partial charge in [-0.2, -0.15) is 0 Å². The van der Waals surface area contributed by atoms with Crippen LogP contribution in [0.15, 0.2) is 42.7 Å². The molecule has 1 N–H and O–H groups in total. The smallest absolute Gasteiger partial charge is 0.296 e. The molecule has 0 spiro atoms. The summed E-state index contributed by atoms with van der Waals surface area (Å²) in [7, 11) is 0. The molecule has 1 saturated heterocycles. The Balaban J connectivity index is 0.00000132. The number of hydrogen-bond donors (Lipinski definition) is 1. The number of ether oxygens (including phenoxy) is 2. The van der Waals surface area contributed by atoms with Gasteiger partial charge in [-0.3, -0.25) is 15.1 Å². The molecule has 1 fully saturated rings. The topological polar surface area (TPSA) is 86.2 Å². The minimum absolute atomic E-state index is 0.228. The third kappa shape index (κ3) is 6.46. The van der Waals surface area contributed by atoms with Crippen LogP contribution in [0.5, 0.6) is 5.19 Å². The fraction of sp³-hybridized carbons (Fsp3) is 0.364. The first-order valence-corrected chi connectivity index (χ1v) is 11.4. The lowest BCUT2D eigenvalue weighted by atomic mass is 9.89. The molecule has 0 unspecified atom stereocenters. The van der Waals surface area contributed by atoms with E-state index in [1.807, 2.05) is 26.0 Å². The number of nitrogens with zero attached hydrogens (tertiary/aromatic N) is 3. The molecule has 3 heterocycles. The first-order valence-electron chi connectivity index (χ1n) is 10.2. The third-order valence-corrected chi connectivity index (χ3v) is 5.66. The van der Waals surface area contributed by atoms with Crippen molar-refractivity contribution in [2.75, 3.05) is 18.5 Å². The Morgan fingerprint density at radius 2 is 1.94 bits per heavy atom. The van der Waals surface area contributed by atoms with Gasteiger partial charge in [0.05, 0.1) is 0 Å². The quantitative estimate of drug-likeness (QED) is 0.534. The summed E-state index contributed by atoms with van der Waals surface area (Å²) in [6, 6.07) is 9.10. The van der Waals surface area contributed by atoms with Crippen LogP contribution in [-0.4, -0.2) is 34.3 Å². The van der Waals surface area contributed by atoms with Crippen molar-refractivity contribution in [2.45, 2.75) is 39.2 Å². The zero-order valence-corrected chi connectivity index (χ0v) is 19.1. The number of carbonyl (C=O) groups excluding carboxylic acids is 1. The van der Waals surface area contributed by atoms with Gasteiger partial charge >= 0.3 is 0 Å². The SMILES string of the molecule is CC.O=C(Nc1nnc(OCc2ccc(Cl)cc2)s1)c1ccncc1C1CCOCC1. The summed E-state index contributed by atoms with van der Waals surface area (Å²) < 4.78 is 11.1. The summed E-state index contributed by atoms with van der Waals surface area (Å²) >= 11 is 7.06. The molecule has 0 aliphatic carbocycles. The summed E-state index contributed by atoms with van der Waals surface area (Å²) in [6.45, 7) is 5.74. The molecule has 1 amide bonds. The minimum Gasteiger partial charge on any atom is -0.464 e. The molecule has 1 aliphatic heterocycles. The van der Waals surface area contributed by atoms with E-state index in [9.17, 15) is 4.79 Å². The molecular weight excluding hydrogens is 436 g/mol. The van der Waals surface area contributed by atoms with Crippen molar-refractivity contribution < 1.29 is 14.3 Å². The molecule has 31 heavy (non-hydrogen) atoms. The molecule has 2 aromatic heterocycles. The van der Waals surface area contributed by atoms with E-state index in [4.69, 9.17) is 21.1 Å². The fourth-order valence-corrected chi connectivity index (χ4v) is 3.87. The summed E-state index contributed by atoms with van der Waals surface area (Å²) in [6.07, 6.45) is 5.16.